The molecule has 0 radical (unpaired) electrons. The van der Waals surface area contributed by atoms with Crippen molar-refractivity contribution in [3.05, 3.63) is 35.9 Å². The summed E-state index contributed by atoms with van der Waals surface area (Å²) in [5.41, 5.74) is -1.09. The van der Waals surface area contributed by atoms with Crippen LogP contribution in [-0.4, -0.2) is 53.3 Å². The number of nitrogens with zero attached hydrogens (tertiary/aromatic N) is 1. The fourth-order valence-electron chi connectivity index (χ4n) is 3.95. The molecule has 0 heterocycles. The molecule has 6 heteroatoms. The van der Waals surface area contributed by atoms with Crippen LogP contribution in [0.3, 0.4) is 0 Å². The molecule has 1 fully saturated rings. The largest absolute Gasteiger partial charge is 0.480 e. The standard InChI is InChI=1S/C21H31NO5/c1-3-9-18(14-22(2)15-19(23)24)27-20(25)21(26,17-12-7-8-13-17)16-10-5-4-6-11-16/h4-6,10-11,17-18,26H,3,7-9,12-15H2,1-2H3,(H,23,24)/t18?,21-/m0/s1. The number of esters is 1. The molecule has 2 N–H and O–H groups in total. The molecule has 0 amide bonds. The fraction of sp³-hybridized carbons (Fsp3) is 0.619. The molecule has 1 aliphatic rings. The van der Waals surface area contributed by atoms with Crippen molar-refractivity contribution in [1.82, 2.24) is 4.90 Å². The molecule has 1 unspecified atom stereocenters. The second kappa shape index (κ2) is 9.85. The molecular weight excluding hydrogens is 346 g/mol. The summed E-state index contributed by atoms with van der Waals surface area (Å²) in [7, 11) is 1.69. The van der Waals surface area contributed by atoms with Crippen LogP contribution in [0.5, 0.6) is 0 Å². The van der Waals surface area contributed by atoms with E-state index in [-0.39, 0.29) is 12.5 Å². The van der Waals surface area contributed by atoms with Gasteiger partial charge in [-0.3, -0.25) is 9.69 Å². The molecule has 150 valence electrons. The Bertz CT molecular complexity index is 614. The second-order valence-corrected chi connectivity index (χ2v) is 7.52. The minimum absolute atomic E-state index is 0.122. The normalized spacial score (nSPS) is 18.2. The van der Waals surface area contributed by atoms with E-state index < -0.39 is 23.6 Å². The van der Waals surface area contributed by atoms with Crippen molar-refractivity contribution in [3.63, 3.8) is 0 Å². The molecule has 0 aromatic heterocycles. The molecule has 0 bridgehead atoms. The van der Waals surface area contributed by atoms with Gasteiger partial charge in [-0.1, -0.05) is 56.5 Å². The van der Waals surface area contributed by atoms with Gasteiger partial charge in [0.2, 0.25) is 0 Å². The zero-order valence-corrected chi connectivity index (χ0v) is 16.3. The summed E-state index contributed by atoms with van der Waals surface area (Å²) in [5.74, 6) is -1.71. The second-order valence-electron chi connectivity index (χ2n) is 7.52. The molecule has 2 rings (SSSR count). The Morgan fingerprint density at radius 1 is 1.26 bits per heavy atom. The maximum absolute atomic E-state index is 13.1. The maximum atomic E-state index is 13.1. The van der Waals surface area contributed by atoms with Gasteiger partial charge in [0.25, 0.3) is 0 Å². The Morgan fingerprint density at radius 2 is 1.89 bits per heavy atom. The van der Waals surface area contributed by atoms with E-state index in [4.69, 9.17) is 9.84 Å². The Morgan fingerprint density at radius 3 is 2.44 bits per heavy atom. The lowest BCUT2D eigenvalue weighted by Crippen LogP contribution is -2.46. The number of hydrogen-bond donors (Lipinski definition) is 2. The number of rotatable bonds is 10. The summed E-state index contributed by atoms with van der Waals surface area (Å²) >= 11 is 0. The van der Waals surface area contributed by atoms with E-state index in [2.05, 4.69) is 0 Å². The van der Waals surface area contributed by atoms with Crippen molar-refractivity contribution >= 4 is 11.9 Å². The lowest BCUT2D eigenvalue weighted by molar-refractivity contribution is -0.180. The van der Waals surface area contributed by atoms with Crippen LogP contribution >= 0.6 is 0 Å². The maximum Gasteiger partial charge on any atom is 0.343 e. The number of hydrogen-bond acceptors (Lipinski definition) is 5. The molecule has 0 saturated heterocycles. The molecular formula is C21H31NO5. The summed E-state index contributed by atoms with van der Waals surface area (Å²) in [6.07, 6.45) is 4.52. The quantitative estimate of drug-likeness (QED) is 0.610. The first-order chi connectivity index (χ1) is 12.9. The zero-order valence-electron chi connectivity index (χ0n) is 16.3. The summed E-state index contributed by atoms with van der Waals surface area (Å²) in [5, 5.41) is 20.4. The molecule has 0 aliphatic heterocycles. The Balaban J connectivity index is 2.19. The van der Waals surface area contributed by atoms with Crippen molar-refractivity contribution in [2.45, 2.75) is 57.2 Å². The smallest absolute Gasteiger partial charge is 0.343 e. The van der Waals surface area contributed by atoms with Gasteiger partial charge in [0.05, 0.1) is 6.54 Å². The Hall–Kier alpha value is -1.92. The van der Waals surface area contributed by atoms with Gasteiger partial charge in [-0.2, -0.15) is 0 Å². The van der Waals surface area contributed by atoms with Gasteiger partial charge >= 0.3 is 11.9 Å². The third-order valence-corrected chi connectivity index (χ3v) is 5.28. The van der Waals surface area contributed by atoms with E-state index in [0.717, 1.165) is 32.1 Å². The van der Waals surface area contributed by atoms with Gasteiger partial charge in [0.15, 0.2) is 5.60 Å². The van der Waals surface area contributed by atoms with Gasteiger partial charge in [0.1, 0.15) is 6.10 Å². The average molecular weight is 377 g/mol. The summed E-state index contributed by atoms with van der Waals surface area (Å²) in [4.78, 5) is 25.7. The van der Waals surface area contributed by atoms with E-state index in [1.807, 2.05) is 25.1 Å². The van der Waals surface area contributed by atoms with E-state index in [0.29, 0.717) is 18.5 Å². The SMILES string of the molecule is CCCC(CN(C)CC(=O)O)OC(=O)[C@](O)(c1ccccc1)C1CCCC1. The van der Waals surface area contributed by atoms with Crippen LogP contribution in [0.25, 0.3) is 0 Å². The van der Waals surface area contributed by atoms with E-state index >= 15 is 0 Å². The number of carboxylic acids is 1. The first-order valence-corrected chi connectivity index (χ1v) is 9.77. The fourth-order valence-corrected chi connectivity index (χ4v) is 3.95. The number of benzene rings is 1. The van der Waals surface area contributed by atoms with Crippen molar-refractivity contribution in [1.29, 1.82) is 0 Å². The van der Waals surface area contributed by atoms with Gasteiger partial charge in [0, 0.05) is 12.5 Å². The van der Waals surface area contributed by atoms with Crippen molar-refractivity contribution in [2.75, 3.05) is 20.1 Å². The lowest BCUT2D eigenvalue weighted by Gasteiger charge is -2.34. The van der Waals surface area contributed by atoms with Gasteiger partial charge in [-0.15, -0.1) is 0 Å². The van der Waals surface area contributed by atoms with Crippen LogP contribution in [0, 0.1) is 5.92 Å². The lowest BCUT2D eigenvalue weighted by atomic mass is 9.80. The number of aliphatic hydroxyl groups is 1. The molecule has 6 nitrogen and oxygen atoms in total. The monoisotopic (exact) mass is 377 g/mol. The van der Waals surface area contributed by atoms with Crippen LogP contribution in [0.2, 0.25) is 0 Å². The van der Waals surface area contributed by atoms with E-state index in [1.54, 1.807) is 24.1 Å². The highest BCUT2D eigenvalue weighted by Crippen LogP contribution is 2.41. The molecule has 1 aliphatic carbocycles. The molecule has 1 aromatic carbocycles. The summed E-state index contributed by atoms with van der Waals surface area (Å²) < 4.78 is 5.75. The Labute approximate surface area is 161 Å². The third-order valence-electron chi connectivity index (χ3n) is 5.28. The number of likely N-dealkylation sites (N-methyl/N-ethyl adjacent to an activating group) is 1. The predicted octanol–water partition coefficient (Wildman–Crippen LogP) is 2.79. The number of carboxylic acid groups (broad SMARTS) is 1. The molecule has 2 atom stereocenters. The van der Waals surface area contributed by atoms with Crippen molar-refractivity contribution < 1.29 is 24.5 Å². The topological polar surface area (TPSA) is 87.1 Å². The van der Waals surface area contributed by atoms with E-state index in [9.17, 15) is 14.7 Å². The number of carbonyl (C=O) groups is 2. The highest BCUT2D eigenvalue weighted by molar-refractivity contribution is 5.81. The first kappa shape index (κ1) is 21.4. The molecule has 1 saturated carbocycles. The third kappa shape index (κ3) is 5.53. The highest BCUT2D eigenvalue weighted by atomic mass is 16.6. The van der Waals surface area contributed by atoms with Crippen molar-refractivity contribution in [2.24, 2.45) is 5.92 Å². The average Bonchev–Trinajstić information content (AvgIpc) is 3.16. The minimum Gasteiger partial charge on any atom is -0.480 e. The van der Waals surface area contributed by atoms with Crippen molar-refractivity contribution in [3.8, 4) is 0 Å². The van der Waals surface area contributed by atoms with Crippen LogP contribution in [-0.2, 0) is 19.9 Å². The summed E-state index contributed by atoms with van der Waals surface area (Å²) in [6.45, 7) is 2.18. The van der Waals surface area contributed by atoms with Crippen LogP contribution in [0.1, 0.15) is 51.0 Å². The van der Waals surface area contributed by atoms with E-state index in [1.165, 1.54) is 0 Å². The van der Waals surface area contributed by atoms with Crippen LogP contribution < -0.4 is 0 Å². The number of carbonyl (C=O) groups excluding carboxylic acids is 1. The minimum atomic E-state index is -1.66. The van der Waals surface area contributed by atoms with Gasteiger partial charge in [-0.05, 0) is 31.9 Å². The number of aliphatic carboxylic acids is 1. The zero-order chi connectivity index (χ0) is 19.9. The highest BCUT2D eigenvalue weighted by Gasteiger charge is 2.48. The predicted molar refractivity (Wildman–Crippen MR) is 102 cm³/mol. The summed E-state index contributed by atoms with van der Waals surface area (Å²) in [6, 6.07) is 9.01. The van der Waals surface area contributed by atoms with Crippen LogP contribution in [0.4, 0.5) is 0 Å². The molecule has 27 heavy (non-hydrogen) atoms. The molecule has 0 spiro atoms. The number of ether oxygens (including phenoxy) is 1. The first-order valence-electron chi connectivity index (χ1n) is 9.77. The van der Waals surface area contributed by atoms with Gasteiger partial charge in [-0.25, -0.2) is 4.79 Å². The van der Waals surface area contributed by atoms with Gasteiger partial charge < -0.3 is 14.9 Å². The Kier molecular flexibility index (Phi) is 7.80. The van der Waals surface area contributed by atoms with Crippen LogP contribution in [0.15, 0.2) is 30.3 Å². The molecule has 1 aromatic rings.